The Morgan fingerprint density at radius 2 is 1.31 bits per heavy atom. The number of rotatable bonds is 8. The Kier molecular flexibility index (Phi) is 7.38. The lowest BCUT2D eigenvalue weighted by molar-refractivity contribution is 0.0729. The number of hydrogen-bond donors (Lipinski definition) is 0. The lowest BCUT2D eigenvalue weighted by Crippen LogP contribution is -2.09. The molecule has 5 heteroatoms. The number of carbonyl (C=O) groups excluding carboxylic acids is 2. The second-order valence-electron chi connectivity index (χ2n) is 7.67. The topological polar surface area (TPSA) is 61.8 Å². The summed E-state index contributed by atoms with van der Waals surface area (Å²) in [5, 5.41) is 0. The van der Waals surface area contributed by atoms with Gasteiger partial charge in [-0.05, 0) is 59.2 Å². The number of esters is 1. The van der Waals surface area contributed by atoms with E-state index in [0.717, 1.165) is 16.7 Å². The highest BCUT2D eigenvalue weighted by atomic mass is 16.6. The first-order chi connectivity index (χ1) is 17.1. The number of methoxy groups -OCH3 is 2. The van der Waals surface area contributed by atoms with E-state index in [0.29, 0.717) is 22.6 Å². The number of benzene rings is 4. The molecule has 4 aromatic carbocycles. The highest BCUT2D eigenvalue weighted by molar-refractivity contribution is 6.07. The van der Waals surface area contributed by atoms with Gasteiger partial charge in [-0.3, -0.25) is 4.79 Å². The van der Waals surface area contributed by atoms with Crippen molar-refractivity contribution >= 4 is 17.8 Å². The summed E-state index contributed by atoms with van der Waals surface area (Å²) in [5.74, 6) is 0.695. The molecule has 0 saturated heterocycles. The van der Waals surface area contributed by atoms with E-state index in [1.807, 2.05) is 54.6 Å². The monoisotopic (exact) mass is 464 g/mol. The first-order valence-electron chi connectivity index (χ1n) is 11.0. The molecule has 0 spiro atoms. The molecule has 0 amide bonds. The molecule has 174 valence electrons. The summed E-state index contributed by atoms with van der Waals surface area (Å²) in [5.41, 5.74) is 3.87. The van der Waals surface area contributed by atoms with E-state index in [4.69, 9.17) is 14.2 Å². The van der Waals surface area contributed by atoms with Crippen molar-refractivity contribution in [3.63, 3.8) is 0 Å². The van der Waals surface area contributed by atoms with Crippen molar-refractivity contribution in [1.29, 1.82) is 0 Å². The van der Waals surface area contributed by atoms with Crippen LogP contribution in [0.1, 0.15) is 26.3 Å². The van der Waals surface area contributed by atoms with E-state index in [-0.39, 0.29) is 11.5 Å². The van der Waals surface area contributed by atoms with Crippen LogP contribution in [0, 0.1) is 0 Å². The molecule has 0 fully saturated rings. The molecule has 0 N–H and O–H groups in total. The summed E-state index contributed by atoms with van der Waals surface area (Å²) in [7, 11) is 3.05. The Bertz CT molecular complexity index is 1340. The van der Waals surface area contributed by atoms with Crippen LogP contribution in [0.3, 0.4) is 0 Å². The predicted octanol–water partition coefficient (Wildman–Crippen LogP) is 6.49. The molecule has 0 aliphatic rings. The van der Waals surface area contributed by atoms with E-state index in [2.05, 4.69) is 0 Å². The third kappa shape index (κ3) is 5.84. The lowest BCUT2D eigenvalue weighted by Gasteiger charge is -2.10. The summed E-state index contributed by atoms with van der Waals surface area (Å²) in [4.78, 5) is 25.1. The molecule has 0 bridgehead atoms. The van der Waals surface area contributed by atoms with Crippen LogP contribution in [-0.2, 0) is 0 Å². The molecular weight excluding hydrogens is 440 g/mol. The Labute approximate surface area is 204 Å². The van der Waals surface area contributed by atoms with Crippen LogP contribution in [-0.4, -0.2) is 26.0 Å². The maximum Gasteiger partial charge on any atom is 0.343 e. The molecule has 0 aromatic heterocycles. The van der Waals surface area contributed by atoms with Gasteiger partial charge in [0.1, 0.15) is 5.75 Å². The maximum absolute atomic E-state index is 12.6. The Morgan fingerprint density at radius 3 is 1.97 bits per heavy atom. The van der Waals surface area contributed by atoms with Gasteiger partial charge in [-0.1, -0.05) is 66.7 Å². The van der Waals surface area contributed by atoms with Gasteiger partial charge in [0.15, 0.2) is 17.3 Å². The standard InChI is InChI=1S/C30H24O5/c1-33-26-16-14-25(15-17-26)30(32)35-28-19-9-21(20-29(28)34-2)8-18-27(31)24-12-10-23(11-13-24)22-6-4-3-5-7-22/h3-20H,1-2H3. The summed E-state index contributed by atoms with van der Waals surface area (Å²) in [6.45, 7) is 0. The molecule has 0 heterocycles. The average molecular weight is 465 g/mol. The first kappa shape index (κ1) is 23.5. The van der Waals surface area contributed by atoms with Crippen LogP contribution in [0.2, 0.25) is 0 Å². The van der Waals surface area contributed by atoms with Crippen molar-refractivity contribution in [3.8, 4) is 28.4 Å². The predicted molar refractivity (Wildman–Crippen MR) is 136 cm³/mol. The normalized spacial score (nSPS) is 10.7. The van der Waals surface area contributed by atoms with Gasteiger partial charge in [-0.2, -0.15) is 0 Å². The largest absolute Gasteiger partial charge is 0.497 e. The maximum atomic E-state index is 12.6. The smallest absolute Gasteiger partial charge is 0.343 e. The molecule has 4 rings (SSSR count). The van der Waals surface area contributed by atoms with E-state index >= 15 is 0 Å². The lowest BCUT2D eigenvalue weighted by atomic mass is 10.0. The summed E-state index contributed by atoms with van der Waals surface area (Å²) in [6, 6.07) is 29.2. The Morgan fingerprint density at radius 1 is 0.657 bits per heavy atom. The van der Waals surface area contributed by atoms with Crippen LogP contribution >= 0.6 is 0 Å². The zero-order valence-corrected chi connectivity index (χ0v) is 19.4. The zero-order valence-electron chi connectivity index (χ0n) is 19.4. The van der Waals surface area contributed by atoms with Crippen molar-refractivity contribution in [2.24, 2.45) is 0 Å². The minimum absolute atomic E-state index is 0.112. The van der Waals surface area contributed by atoms with E-state index < -0.39 is 5.97 Å². The summed E-state index contributed by atoms with van der Waals surface area (Å²) in [6.07, 6.45) is 3.21. The first-order valence-corrected chi connectivity index (χ1v) is 11.0. The van der Waals surface area contributed by atoms with Gasteiger partial charge in [-0.15, -0.1) is 0 Å². The van der Waals surface area contributed by atoms with Crippen LogP contribution in [0.5, 0.6) is 17.2 Å². The molecular formula is C30H24O5. The quantitative estimate of drug-likeness (QED) is 0.129. The highest BCUT2D eigenvalue weighted by Crippen LogP contribution is 2.29. The van der Waals surface area contributed by atoms with Gasteiger partial charge in [0.25, 0.3) is 0 Å². The van der Waals surface area contributed by atoms with E-state index in [9.17, 15) is 9.59 Å². The molecule has 5 nitrogen and oxygen atoms in total. The molecule has 35 heavy (non-hydrogen) atoms. The summed E-state index contributed by atoms with van der Waals surface area (Å²) >= 11 is 0. The molecule has 0 saturated carbocycles. The van der Waals surface area contributed by atoms with Crippen molar-refractivity contribution in [2.45, 2.75) is 0 Å². The zero-order chi connectivity index (χ0) is 24.6. The fraction of sp³-hybridized carbons (Fsp3) is 0.0667. The summed E-state index contributed by atoms with van der Waals surface area (Å²) < 4.78 is 16.0. The van der Waals surface area contributed by atoms with Crippen LogP contribution in [0.4, 0.5) is 0 Å². The van der Waals surface area contributed by atoms with Gasteiger partial charge in [0.2, 0.25) is 0 Å². The van der Waals surface area contributed by atoms with Crippen LogP contribution in [0.15, 0.2) is 103 Å². The molecule has 0 aliphatic heterocycles. The minimum Gasteiger partial charge on any atom is -0.497 e. The van der Waals surface area contributed by atoms with Gasteiger partial charge < -0.3 is 14.2 Å². The van der Waals surface area contributed by atoms with Crippen molar-refractivity contribution in [2.75, 3.05) is 14.2 Å². The second-order valence-corrected chi connectivity index (χ2v) is 7.67. The van der Waals surface area contributed by atoms with Crippen LogP contribution < -0.4 is 14.2 Å². The van der Waals surface area contributed by atoms with Gasteiger partial charge in [0, 0.05) is 5.56 Å². The Hall–Kier alpha value is -4.64. The molecule has 0 radical (unpaired) electrons. The van der Waals surface area contributed by atoms with Gasteiger partial charge in [-0.25, -0.2) is 4.79 Å². The average Bonchev–Trinajstić information content (AvgIpc) is 2.92. The number of allylic oxidation sites excluding steroid dienone is 1. The van der Waals surface area contributed by atoms with Gasteiger partial charge in [0.05, 0.1) is 19.8 Å². The number of ketones is 1. The molecule has 0 aliphatic carbocycles. The van der Waals surface area contributed by atoms with Gasteiger partial charge >= 0.3 is 5.97 Å². The SMILES string of the molecule is COc1ccc(C(=O)Oc2ccc(C=CC(=O)c3ccc(-c4ccccc4)cc3)cc2OC)cc1. The fourth-order valence-corrected chi connectivity index (χ4v) is 3.48. The number of carbonyl (C=O) groups is 2. The van der Waals surface area contributed by atoms with E-state index in [1.54, 1.807) is 55.7 Å². The minimum atomic E-state index is -0.511. The van der Waals surface area contributed by atoms with Crippen molar-refractivity contribution in [1.82, 2.24) is 0 Å². The third-order valence-corrected chi connectivity index (χ3v) is 5.42. The molecule has 4 aromatic rings. The van der Waals surface area contributed by atoms with Crippen LogP contribution in [0.25, 0.3) is 17.2 Å². The Balaban J connectivity index is 1.44. The molecule has 0 atom stereocenters. The molecule has 0 unspecified atom stereocenters. The fourth-order valence-electron chi connectivity index (χ4n) is 3.48. The van der Waals surface area contributed by atoms with Crippen molar-refractivity contribution in [3.05, 3.63) is 120 Å². The van der Waals surface area contributed by atoms with Crippen molar-refractivity contribution < 1.29 is 23.8 Å². The van der Waals surface area contributed by atoms with E-state index in [1.165, 1.54) is 13.2 Å². The number of hydrogen-bond acceptors (Lipinski definition) is 5. The number of ether oxygens (including phenoxy) is 3. The highest BCUT2D eigenvalue weighted by Gasteiger charge is 2.13. The third-order valence-electron chi connectivity index (χ3n) is 5.42. The second kappa shape index (κ2) is 11.0.